The van der Waals surface area contributed by atoms with Crippen LogP contribution in [0.5, 0.6) is 0 Å². The Morgan fingerprint density at radius 1 is 1.39 bits per heavy atom. The van der Waals surface area contributed by atoms with Crippen molar-refractivity contribution in [3.63, 3.8) is 0 Å². The lowest BCUT2D eigenvalue weighted by atomic mass is 10.1. The Kier molecular flexibility index (Phi) is 3.53. The number of hydrogen-bond donors (Lipinski definition) is 0. The average Bonchev–Trinajstić information content (AvgIpc) is 2.32. The molecular weight excluding hydrogens is 328 g/mol. The summed E-state index contributed by atoms with van der Waals surface area (Å²) >= 11 is 8.64. The zero-order chi connectivity index (χ0) is 13.3. The SMILES string of the molecule is O=[N+]([O-])c1c(Cl)ncnc1-c1cccc(Br)c1F. The smallest absolute Gasteiger partial charge is 0.258 e. The summed E-state index contributed by atoms with van der Waals surface area (Å²) in [6.45, 7) is 0. The minimum Gasteiger partial charge on any atom is -0.258 e. The number of rotatable bonds is 2. The number of benzene rings is 1. The predicted molar refractivity (Wildman–Crippen MR) is 66.8 cm³/mol. The zero-order valence-electron chi connectivity index (χ0n) is 8.60. The highest BCUT2D eigenvalue weighted by Crippen LogP contribution is 2.35. The van der Waals surface area contributed by atoms with Gasteiger partial charge in [0.25, 0.3) is 0 Å². The van der Waals surface area contributed by atoms with E-state index in [4.69, 9.17) is 11.6 Å². The first-order valence-electron chi connectivity index (χ1n) is 4.61. The highest BCUT2D eigenvalue weighted by Gasteiger charge is 2.25. The highest BCUT2D eigenvalue weighted by atomic mass is 79.9. The van der Waals surface area contributed by atoms with Gasteiger partial charge in [-0.2, -0.15) is 0 Å². The Bertz CT molecular complexity index is 639. The lowest BCUT2D eigenvalue weighted by molar-refractivity contribution is -0.384. The van der Waals surface area contributed by atoms with Gasteiger partial charge in [-0.15, -0.1) is 0 Å². The number of nitrogens with zero attached hydrogens (tertiary/aromatic N) is 3. The molecule has 1 aromatic carbocycles. The summed E-state index contributed by atoms with van der Waals surface area (Å²) in [6.07, 6.45) is 1.05. The Hall–Kier alpha value is -1.60. The van der Waals surface area contributed by atoms with E-state index in [1.165, 1.54) is 12.1 Å². The standard InChI is InChI=1S/C10H4BrClFN3O2/c11-6-3-1-2-5(7(6)13)8-9(16(17)18)10(12)15-4-14-8/h1-4H. The molecule has 1 aromatic heterocycles. The fraction of sp³-hybridized carbons (Fsp3) is 0. The molecule has 0 atom stereocenters. The van der Waals surface area contributed by atoms with Gasteiger partial charge in [-0.3, -0.25) is 10.1 Å². The van der Waals surface area contributed by atoms with Crippen LogP contribution in [0.4, 0.5) is 10.1 Å². The molecule has 1 heterocycles. The van der Waals surface area contributed by atoms with E-state index in [1.807, 2.05) is 0 Å². The van der Waals surface area contributed by atoms with Crippen molar-refractivity contribution >= 4 is 33.2 Å². The van der Waals surface area contributed by atoms with Crippen molar-refractivity contribution in [1.29, 1.82) is 0 Å². The molecule has 0 saturated heterocycles. The van der Waals surface area contributed by atoms with E-state index in [-0.39, 0.29) is 20.9 Å². The predicted octanol–water partition coefficient (Wildman–Crippen LogP) is 3.61. The Morgan fingerprint density at radius 2 is 2.11 bits per heavy atom. The van der Waals surface area contributed by atoms with Crippen molar-refractivity contribution < 1.29 is 9.31 Å². The maximum absolute atomic E-state index is 13.9. The molecule has 0 unspecified atom stereocenters. The largest absolute Gasteiger partial charge is 0.332 e. The van der Waals surface area contributed by atoms with Crippen LogP contribution < -0.4 is 0 Å². The minimum absolute atomic E-state index is 0.0135. The van der Waals surface area contributed by atoms with Gasteiger partial charge in [0.1, 0.15) is 12.1 Å². The summed E-state index contributed by atoms with van der Waals surface area (Å²) < 4.78 is 14.1. The van der Waals surface area contributed by atoms with Gasteiger partial charge in [-0.05, 0) is 28.1 Å². The van der Waals surface area contributed by atoms with Crippen LogP contribution in [0, 0.1) is 15.9 Å². The van der Waals surface area contributed by atoms with Crippen molar-refractivity contribution in [3.05, 3.63) is 50.1 Å². The van der Waals surface area contributed by atoms with E-state index in [9.17, 15) is 14.5 Å². The molecule has 0 radical (unpaired) electrons. The topological polar surface area (TPSA) is 68.9 Å². The van der Waals surface area contributed by atoms with Gasteiger partial charge in [0, 0.05) is 5.56 Å². The van der Waals surface area contributed by atoms with Crippen molar-refractivity contribution in [1.82, 2.24) is 9.97 Å². The van der Waals surface area contributed by atoms with Crippen LogP contribution >= 0.6 is 27.5 Å². The second-order valence-corrected chi connectivity index (χ2v) is 4.43. The summed E-state index contributed by atoms with van der Waals surface area (Å²) in [5, 5.41) is 10.6. The normalized spacial score (nSPS) is 10.4. The molecule has 8 heteroatoms. The second kappa shape index (κ2) is 4.95. The van der Waals surface area contributed by atoms with Crippen LogP contribution in [0.15, 0.2) is 29.0 Å². The quantitative estimate of drug-likeness (QED) is 0.478. The molecule has 0 amide bonds. The van der Waals surface area contributed by atoms with Crippen molar-refractivity contribution in [2.75, 3.05) is 0 Å². The highest BCUT2D eigenvalue weighted by molar-refractivity contribution is 9.10. The maximum atomic E-state index is 13.9. The van der Waals surface area contributed by atoms with Gasteiger partial charge in [0.2, 0.25) is 5.15 Å². The van der Waals surface area contributed by atoms with Crippen molar-refractivity contribution in [2.24, 2.45) is 0 Å². The van der Waals surface area contributed by atoms with Crippen LogP contribution in [0.1, 0.15) is 0 Å². The van der Waals surface area contributed by atoms with E-state index in [0.717, 1.165) is 6.33 Å². The van der Waals surface area contributed by atoms with Crippen LogP contribution in [-0.4, -0.2) is 14.9 Å². The summed E-state index contributed by atoms with van der Waals surface area (Å²) in [6, 6.07) is 4.40. The third-order valence-electron chi connectivity index (χ3n) is 2.17. The van der Waals surface area contributed by atoms with Crippen LogP contribution in [0.25, 0.3) is 11.3 Å². The second-order valence-electron chi connectivity index (χ2n) is 3.22. The first-order valence-corrected chi connectivity index (χ1v) is 5.78. The minimum atomic E-state index is -0.738. The summed E-state index contributed by atoms with van der Waals surface area (Å²) in [5.41, 5.74) is -0.685. The molecule has 5 nitrogen and oxygen atoms in total. The van der Waals surface area contributed by atoms with E-state index < -0.39 is 16.4 Å². The molecule has 0 N–H and O–H groups in total. The van der Waals surface area contributed by atoms with E-state index in [0.29, 0.717) is 0 Å². The average molecular weight is 333 g/mol. The van der Waals surface area contributed by atoms with E-state index in [1.54, 1.807) is 6.07 Å². The molecule has 0 fully saturated rings. The Labute approximate surface area is 114 Å². The third kappa shape index (κ3) is 2.19. The molecule has 92 valence electrons. The maximum Gasteiger partial charge on any atom is 0.332 e. The first-order chi connectivity index (χ1) is 8.52. The monoisotopic (exact) mass is 331 g/mol. The van der Waals surface area contributed by atoms with Gasteiger partial charge in [0.15, 0.2) is 5.69 Å². The zero-order valence-corrected chi connectivity index (χ0v) is 10.9. The van der Waals surface area contributed by atoms with Crippen molar-refractivity contribution in [2.45, 2.75) is 0 Å². The third-order valence-corrected chi connectivity index (χ3v) is 3.06. The molecular formula is C10H4BrClFN3O2. The van der Waals surface area contributed by atoms with Gasteiger partial charge >= 0.3 is 5.69 Å². The molecule has 2 rings (SSSR count). The molecule has 0 saturated carbocycles. The number of hydrogen-bond acceptors (Lipinski definition) is 4. The van der Waals surface area contributed by atoms with Crippen molar-refractivity contribution in [3.8, 4) is 11.3 Å². The Morgan fingerprint density at radius 3 is 2.78 bits per heavy atom. The fourth-order valence-electron chi connectivity index (χ4n) is 1.40. The van der Waals surface area contributed by atoms with Gasteiger partial charge in [0.05, 0.1) is 9.40 Å². The van der Waals surface area contributed by atoms with E-state index >= 15 is 0 Å². The fourth-order valence-corrected chi connectivity index (χ4v) is 1.97. The lowest BCUT2D eigenvalue weighted by Gasteiger charge is -2.05. The number of nitro groups is 1. The summed E-state index contributed by atoms with van der Waals surface area (Å²) in [7, 11) is 0. The van der Waals surface area contributed by atoms with Crippen LogP contribution in [0.2, 0.25) is 5.15 Å². The van der Waals surface area contributed by atoms with Gasteiger partial charge in [-0.1, -0.05) is 17.7 Å². The summed E-state index contributed by atoms with van der Waals surface area (Å²) in [4.78, 5) is 17.4. The lowest BCUT2D eigenvalue weighted by Crippen LogP contribution is -1.99. The van der Waals surface area contributed by atoms with Gasteiger partial charge in [-0.25, -0.2) is 14.4 Å². The molecule has 2 aromatic rings. The molecule has 0 aliphatic heterocycles. The first kappa shape index (κ1) is 12.8. The molecule has 0 bridgehead atoms. The van der Waals surface area contributed by atoms with Gasteiger partial charge < -0.3 is 0 Å². The molecule has 0 aliphatic carbocycles. The molecule has 0 spiro atoms. The molecule has 0 aliphatic rings. The van der Waals surface area contributed by atoms with Crippen LogP contribution in [-0.2, 0) is 0 Å². The van der Waals surface area contributed by atoms with Crippen LogP contribution in [0.3, 0.4) is 0 Å². The van der Waals surface area contributed by atoms with E-state index in [2.05, 4.69) is 25.9 Å². The Balaban J connectivity index is 2.75. The number of aromatic nitrogens is 2. The molecule has 18 heavy (non-hydrogen) atoms. The number of halogens is 3. The summed E-state index contributed by atoms with van der Waals surface area (Å²) in [5.74, 6) is -0.643.